The first-order valence-corrected chi connectivity index (χ1v) is 27.5. The lowest BCUT2D eigenvalue weighted by Gasteiger charge is -2.61. The van der Waals surface area contributed by atoms with E-state index in [4.69, 9.17) is 24.3 Å². The standard InChI is InChI=1S/C58H72N8O9S/c1-39-43(41-18-19-47(61-51(41)53(71)72)64-24-22-40-13-12-14-42(44(40)32-64)52(70)62-54-60-45-15-9-10-16-46(45)76-54)31-59-66(39)38-57(5)35-56(4)33-55(2,3)34-58(36-56,37-57)75-30-29-74-28-27-73-26-25-63(6)48(67)17-8-7-11-23-65-49(68)20-21-50(65)69/h9-10,12-16,18-21,31H,7-8,11,17,22-30,32-38H2,1-6H3,(H,71,72)(H,60,62,70). The molecule has 3 aromatic heterocycles. The molecule has 0 radical (unpaired) electrons. The van der Waals surface area contributed by atoms with Crippen molar-refractivity contribution in [3.05, 3.63) is 101 Å². The van der Waals surface area contributed by atoms with Crippen molar-refractivity contribution in [2.75, 3.05) is 69.9 Å². The van der Waals surface area contributed by atoms with E-state index in [0.717, 1.165) is 71.1 Å². The van der Waals surface area contributed by atoms with E-state index in [2.05, 4.69) is 38.0 Å². The maximum absolute atomic E-state index is 13.7. The number of carbonyl (C=O) groups is 5. The molecular weight excluding hydrogens is 985 g/mol. The van der Waals surface area contributed by atoms with Gasteiger partial charge in [-0.2, -0.15) is 5.10 Å². The maximum atomic E-state index is 13.7. The Morgan fingerprint density at radius 3 is 2.37 bits per heavy atom. The van der Waals surface area contributed by atoms with E-state index in [-0.39, 0.29) is 51.2 Å². The zero-order chi connectivity index (χ0) is 53.8. The van der Waals surface area contributed by atoms with Gasteiger partial charge in [0.25, 0.3) is 17.7 Å². The molecule has 2 aromatic carbocycles. The fraction of sp³-hybridized carbons (Fsp3) is 0.517. The van der Waals surface area contributed by atoms with Crippen molar-refractivity contribution in [2.24, 2.45) is 16.2 Å². The van der Waals surface area contributed by atoms with Crippen molar-refractivity contribution in [1.82, 2.24) is 29.5 Å². The number of para-hydroxylation sites is 1. The average molecular weight is 1060 g/mol. The number of imide groups is 1. The summed E-state index contributed by atoms with van der Waals surface area (Å²) in [6.45, 7) is 16.1. The Balaban J connectivity index is 0.770. The van der Waals surface area contributed by atoms with Crippen LogP contribution in [-0.4, -0.2) is 130 Å². The predicted molar refractivity (Wildman–Crippen MR) is 291 cm³/mol. The highest BCUT2D eigenvalue weighted by molar-refractivity contribution is 7.22. The molecule has 2 fully saturated rings. The van der Waals surface area contributed by atoms with Crippen molar-refractivity contribution in [3.8, 4) is 11.1 Å². The van der Waals surface area contributed by atoms with Crippen LogP contribution < -0.4 is 10.2 Å². The van der Waals surface area contributed by atoms with Crippen LogP contribution in [0.15, 0.2) is 72.9 Å². The van der Waals surface area contributed by atoms with Crippen molar-refractivity contribution in [3.63, 3.8) is 0 Å². The maximum Gasteiger partial charge on any atom is 0.355 e. The van der Waals surface area contributed by atoms with Gasteiger partial charge in [-0.05, 0) is 116 Å². The van der Waals surface area contributed by atoms with Gasteiger partial charge < -0.3 is 29.1 Å². The molecule has 3 unspecified atom stereocenters. The number of hydrogen-bond acceptors (Lipinski definition) is 13. The Kier molecular flexibility index (Phi) is 16.3. The van der Waals surface area contributed by atoms with Gasteiger partial charge in [0, 0.05) is 80.7 Å². The predicted octanol–water partition coefficient (Wildman–Crippen LogP) is 9.13. The van der Waals surface area contributed by atoms with Crippen LogP contribution in [0.5, 0.6) is 0 Å². The minimum Gasteiger partial charge on any atom is -0.476 e. The summed E-state index contributed by atoms with van der Waals surface area (Å²) in [6.07, 6.45) is 12.4. The first-order valence-electron chi connectivity index (χ1n) is 26.7. The Bertz CT molecular complexity index is 2970. The number of carboxylic acid groups (broad SMARTS) is 1. The van der Waals surface area contributed by atoms with Gasteiger partial charge in [0.1, 0.15) is 5.82 Å². The van der Waals surface area contributed by atoms with E-state index in [9.17, 15) is 29.1 Å². The van der Waals surface area contributed by atoms with E-state index >= 15 is 0 Å². The zero-order valence-corrected chi connectivity index (χ0v) is 45.6. The highest BCUT2D eigenvalue weighted by Crippen LogP contribution is 2.63. The van der Waals surface area contributed by atoms with Gasteiger partial charge in [-0.3, -0.25) is 34.1 Å². The van der Waals surface area contributed by atoms with E-state index in [0.29, 0.717) is 114 Å². The third-order valence-corrected chi connectivity index (χ3v) is 16.6. The summed E-state index contributed by atoms with van der Waals surface area (Å²) in [5.74, 6) is -1.35. The molecule has 3 atom stereocenters. The number of hydrogen-bond donors (Lipinski definition) is 2. The molecule has 2 aliphatic heterocycles. The van der Waals surface area contributed by atoms with Crippen LogP contribution >= 0.6 is 11.3 Å². The highest BCUT2D eigenvalue weighted by atomic mass is 32.1. The Labute approximate surface area is 449 Å². The van der Waals surface area contributed by atoms with Crippen molar-refractivity contribution in [2.45, 2.75) is 118 Å². The number of unbranched alkanes of at least 4 members (excludes halogenated alkanes) is 2. The molecule has 4 amide bonds. The summed E-state index contributed by atoms with van der Waals surface area (Å²) in [4.78, 5) is 77.1. The molecule has 5 heterocycles. The van der Waals surface area contributed by atoms with Crippen molar-refractivity contribution in [1.29, 1.82) is 0 Å². The number of likely N-dealkylation sites (N-methyl/N-ethyl adjacent to an activating group) is 1. The molecule has 76 heavy (non-hydrogen) atoms. The number of fused-ring (bicyclic) bond motifs is 4. The largest absolute Gasteiger partial charge is 0.476 e. The van der Waals surface area contributed by atoms with Crippen molar-refractivity contribution >= 4 is 62.1 Å². The lowest BCUT2D eigenvalue weighted by molar-refractivity contribution is -0.198. The van der Waals surface area contributed by atoms with Gasteiger partial charge >= 0.3 is 5.97 Å². The average Bonchev–Trinajstić information content (AvgIpc) is 4.06. The SMILES string of the molecule is Cc1c(-c2ccc(N3CCc4cccc(C(=O)Nc5nc6ccccc6s5)c4C3)nc2C(=O)O)cnn1CC1(C)CC2(C)CC(C)(C)CC(OCCOCCOCCN(C)C(=O)CCCCCN3C(=O)C=CC3=O)(C1)C2. The number of anilines is 2. The molecule has 0 spiro atoms. The molecule has 0 saturated heterocycles. The summed E-state index contributed by atoms with van der Waals surface area (Å²) in [5, 5.41) is 19.1. The van der Waals surface area contributed by atoms with Crippen LogP contribution in [0.3, 0.4) is 0 Å². The van der Waals surface area contributed by atoms with E-state index in [1.165, 1.54) is 28.4 Å². The second kappa shape index (κ2) is 22.7. The van der Waals surface area contributed by atoms with Crippen LogP contribution in [-0.2, 0) is 48.1 Å². The molecule has 18 heteroatoms. The van der Waals surface area contributed by atoms with Crippen LogP contribution in [0.25, 0.3) is 21.3 Å². The minimum absolute atomic E-state index is 0.0357. The fourth-order valence-corrected chi connectivity index (χ4v) is 14.1. The monoisotopic (exact) mass is 1060 g/mol. The van der Waals surface area contributed by atoms with Gasteiger partial charge in [-0.15, -0.1) is 0 Å². The smallest absolute Gasteiger partial charge is 0.355 e. The minimum atomic E-state index is -1.12. The Hall–Kier alpha value is -6.34. The molecule has 9 rings (SSSR count). The number of aromatic carboxylic acids is 1. The lowest BCUT2D eigenvalue weighted by Crippen LogP contribution is -2.57. The number of thiazole rings is 1. The molecule has 2 bridgehead atoms. The van der Waals surface area contributed by atoms with Gasteiger partial charge in [0.2, 0.25) is 5.91 Å². The van der Waals surface area contributed by atoms with Gasteiger partial charge in [-0.1, -0.05) is 69.7 Å². The fourth-order valence-electron chi connectivity index (χ4n) is 13.2. The third kappa shape index (κ3) is 12.6. The number of ether oxygens (including phenoxy) is 3. The van der Waals surface area contributed by atoms with Gasteiger partial charge in [0.05, 0.1) is 55.0 Å². The highest BCUT2D eigenvalue weighted by Gasteiger charge is 2.58. The van der Waals surface area contributed by atoms with Gasteiger partial charge in [-0.25, -0.2) is 14.8 Å². The topological polar surface area (TPSA) is 199 Å². The second-order valence-corrected chi connectivity index (χ2v) is 24.0. The normalized spacial score (nSPS) is 21.8. The summed E-state index contributed by atoms with van der Waals surface area (Å²) in [6, 6.07) is 17.3. The lowest BCUT2D eigenvalue weighted by atomic mass is 9.48. The number of nitrogens with zero attached hydrogens (tertiary/aromatic N) is 7. The zero-order valence-electron chi connectivity index (χ0n) is 44.8. The molecular formula is C58H72N8O9S. The molecule has 2 N–H and O–H groups in total. The second-order valence-electron chi connectivity index (χ2n) is 22.9. The number of nitrogens with one attached hydrogen (secondary N) is 1. The molecule has 17 nitrogen and oxygen atoms in total. The Morgan fingerprint density at radius 2 is 1.59 bits per heavy atom. The van der Waals surface area contributed by atoms with E-state index in [1.807, 2.05) is 71.1 Å². The van der Waals surface area contributed by atoms with Crippen LogP contribution in [0.4, 0.5) is 10.9 Å². The quantitative estimate of drug-likeness (QED) is 0.0464. The summed E-state index contributed by atoms with van der Waals surface area (Å²) < 4.78 is 21.8. The van der Waals surface area contributed by atoms with E-state index < -0.39 is 5.97 Å². The van der Waals surface area contributed by atoms with Crippen molar-refractivity contribution < 1.29 is 43.3 Å². The van der Waals surface area contributed by atoms with Crippen LogP contribution in [0, 0.1) is 23.2 Å². The molecule has 5 aromatic rings. The van der Waals surface area contributed by atoms with Crippen LogP contribution in [0.1, 0.15) is 123 Å². The number of benzene rings is 2. The molecule has 4 aliphatic rings. The first kappa shape index (κ1) is 54.4. The number of rotatable bonds is 23. The number of amides is 4. The third-order valence-electron chi connectivity index (χ3n) is 15.6. The molecule has 2 aliphatic carbocycles. The number of carbonyl (C=O) groups excluding carboxylic acids is 4. The van der Waals surface area contributed by atoms with Crippen LogP contribution in [0.2, 0.25) is 0 Å². The summed E-state index contributed by atoms with van der Waals surface area (Å²) in [5.41, 5.74) is 5.03. The number of carboxylic acids is 1. The Morgan fingerprint density at radius 1 is 0.829 bits per heavy atom. The number of aromatic nitrogens is 4. The van der Waals surface area contributed by atoms with Gasteiger partial charge in [0.15, 0.2) is 10.8 Å². The molecule has 404 valence electrons. The molecule has 2 saturated carbocycles. The first-order chi connectivity index (χ1) is 36.3. The summed E-state index contributed by atoms with van der Waals surface area (Å²) >= 11 is 1.43. The number of pyridine rings is 1. The van der Waals surface area contributed by atoms with E-state index in [1.54, 1.807) is 18.1 Å². The summed E-state index contributed by atoms with van der Waals surface area (Å²) in [7, 11) is 1.77.